The molecular weight excluding hydrogens is 727 g/mol. The highest BCUT2D eigenvalue weighted by Gasteiger charge is 2.36. The maximum absolute atomic E-state index is 14.6. The summed E-state index contributed by atoms with van der Waals surface area (Å²) in [6.45, 7) is 0.501. The molecule has 282 valence electrons. The van der Waals surface area contributed by atoms with Gasteiger partial charge in [-0.05, 0) is 86.7 Å². The summed E-state index contributed by atoms with van der Waals surface area (Å²) in [7, 11) is 1.43. The van der Waals surface area contributed by atoms with E-state index in [1.54, 1.807) is 30.5 Å². The van der Waals surface area contributed by atoms with Gasteiger partial charge in [0, 0.05) is 57.6 Å². The number of fused-ring (bicyclic) bond motifs is 3. The van der Waals surface area contributed by atoms with Crippen LogP contribution in [0.5, 0.6) is 0 Å². The normalized spacial score (nSPS) is 18.7. The number of nitrogens with zero attached hydrogens (tertiary/aromatic N) is 1. The molecule has 0 aliphatic carbocycles. The molecule has 2 heterocycles. The molecule has 3 aromatic carbocycles. The van der Waals surface area contributed by atoms with Crippen LogP contribution in [0.2, 0.25) is 5.02 Å². The van der Waals surface area contributed by atoms with Gasteiger partial charge in [-0.15, -0.1) is 0 Å². The van der Waals surface area contributed by atoms with E-state index in [4.69, 9.17) is 23.1 Å². The molecule has 0 radical (unpaired) electrons. The summed E-state index contributed by atoms with van der Waals surface area (Å²) in [4.78, 5) is 47.1. The predicted octanol–water partition coefficient (Wildman–Crippen LogP) is 5.93. The predicted molar refractivity (Wildman–Crippen MR) is 202 cm³/mol. The van der Waals surface area contributed by atoms with Gasteiger partial charge >= 0.3 is 6.18 Å². The SMILES string of the molecule is CN1C(=O)[C@H](CCCCN)NC(=O)[C@H](CCCN)NCc2ccccc2Sc2c(cc(Cl)cc2C(F)(F)F)CNC(=O)/C1=C/c1c[nH]c2ccccc12. The molecule has 4 aromatic rings. The van der Waals surface area contributed by atoms with Crippen molar-refractivity contribution in [1.82, 2.24) is 25.8 Å². The topological polar surface area (TPSA) is 158 Å². The fourth-order valence-electron chi connectivity index (χ4n) is 6.17. The van der Waals surface area contributed by atoms with E-state index < -0.39 is 41.5 Å². The highest BCUT2D eigenvalue weighted by Crippen LogP contribution is 2.44. The van der Waals surface area contributed by atoms with Gasteiger partial charge in [0.05, 0.1) is 11.6 Å². The van der Waals surface area contributed by atoms with Gasteiger partial charge in [-0.2, -0.15) is 13.2 Å². The third-order valence-electron chi connectivity index (χ3n) is 9.01. The van der Waals surface area contributed by atoms with E-state index in [9.17, 15) is 27.6 Å². The molecule has 2 atom stereocenters. The summed E-state index contributed by atoms with van der Waals surface area (Å²) in [5.74, 6) is -1.73. The summed E-state index contributed by atoms with van der Waals surface area (Å²) in [6, 6.07) is 14.8. The first kappa shape index (κ1) is 39.9. The zero-order chi connectivity index (χ0) is 38.1. The number of amides is 3. The van der Waals surface area contributed by atoms with Crippen molar-refractivity contribution in [2.45, 2.75) is 73.2 Å². The molecule has 0 saturated carbocycles. The second kappa shape index (κ2) is 18.1. The van der Waals surface area contributed by atoms with Crippen LogP contribution in [-0.4, -0.2) is 59.8 Å². The third kappa shape index (κ3) is 10.0. The van der Waals surface area contributed by atoms with Crippen LogP contribution in [0.1, 0.15) is 54.4 Å². The van der Waals surface area contributed by atoms with Crippen molar-refractivity contribution in [1.29, 1.82) is 0 Å². The van der Waals surface area contributed by atoms with E-state index in [-0.39, 0.29) is 40.7 Å². The van der Waals surface area contributed by atoms with E-state index in [1.807, 2.05) is 24.3 Å². The van der Waals surface area contributed by atoms with Crippen LogP contribution in [0, 0.1) is 0 Å². The van der Waals surface area contributed by atoms with Gasteiger partial charge in [-0.3, -0.25) is 14.4 Å². The van der Waals surface area contributed by atoms with Crippen LogP contribution in [0.15, 0.2) is 82.3 Å². The van der Waals surface area contributed by atoms with Crippen molar-refractivity contribution in [3.8, 4) is 0 Å². The van der Waals surface area contributed by atoms with Crippen molar-refractivity contribution in [3.05, 3.63) is 99.8 Å². The summed E-state index contributed by atoms with van der Waals surface area (Å²) < 4.78 is 43.8. The molecule has 0 saturated heterocycles. The number of nitrogens with two attached hydrogens (primary N) is 2. The fraction of sp³-hybridized carbons (Fsp3) is 0.342. The van der Waals surface area contributed by atoms with Gasteiger partial charge in [-0.25, -0.2) is 0 Å². The summed E-state index contributed by atoms with van der Waals surface area (Å²) in [5, 5.41) is 9.55. The fourth-order valence-corrected chi connectivity index (χ4v) is 7.59. The lowest BCUT2D eigenvalue weighted by Gasteiger charge is -2.28. The average Bonchev–Trinajstić information content (AvgIpc) is 3.55. The van der Waals surface area contributed by atoms with Gasteiger partial charge in [-0.1, -0.05) is 59.8 Å². The Morgan fingerprint density at radius 1 is 0.925 bits per heavy atom. The summed E-state index contributed by atoms with van der Waals surface area (Å²) >= 11 is 7.16. The van der Waals surface area contributed by atoms with Crippen LogP contribution in [0.25, 0.3) is 17.0 Å². The minimum atomic E-state index is -4.77. The Morgan fingerprint density at radius 3 is 2.40 bits per heavy atom. The highest BCUT2D eigenvalue weighted by molar-refractivity contribution is 7.99. The lowest BCUT2D eigenvalue weighted by atomic mass is 10.0. The Labute approximate surface area is 315 Å². The lowest BCUT2D eigenvalue weighted by Crippen LogP contribution is -2.53. The van der Waals surface area contributed by atoms with Gasteiger partial charge < -0.3 is 37.3 Å². The molecule has 3 amide bonds. The van der Waals surface area contributed by atoms with E-state index in [1.165, 1.54) is 24.1 Å². The minimum absolute atomic E-state index is 0.0856. The monoisotopic (exact) mass is 769 g/mol. The van der Waals surface area contributed by atoms with E-state index in [2.05, 4.69) is 20.9 Å². The van der Waals surface area contributed by atoms with Crippen molar-refractivity contribution in [3.63, 3.8) is 0 Å². The van der Waals surface area contributed by atoms with Gasteiger partial charge in [0.25, 0.3) is 5.91 Å². The van der Waals surface area contributed by atoms with Crippen molar-refractivity contribution < 1.29 is 27.6 Å². The molecule has 5 rings (SSSR count). The Hall–Kier alpha value is -4.34. The smallest absolute Gasteiger partial charge is 0.361 e. The number of nitrogens with one attached hydrogen (secondary N) is 4. The first-order valence-electron chi connectivity index (χ1n) is 17.3. The van der Waals surface area contributed by atoms with Crippen molar-refractivity contribution in [2.24, 2.45) is 11.5 Å². The molecule has 1 aliphatic heterocycles. The molecule has 0 bridgehead atoms. The number of aromatic amines is 1. The quantitative estimate of drug-likeness (QED) is 0.0958. The highest BCUT2D eigenvalue weighted by atomic mass is 35.5. The number of hydrogen-bond donors (Lipinski definition) is 6. The second-order valence-corrected chi connectivity index (χ2v) is 14.2. The summed E-state index contributed by atoms with van der Waals surface area (Å²) in [6.07, 6.45) is 0.679. The molecule has 0 unspecified atom stereocenters. The van der Waals surface area contributed by atoms with Crippen LogP contribution in [-0.2, 0) is 33.6 Å². The number of aromatic nitrogens is 1. The number of carbonyl (C=O) groups is 3. The maximum atomic E-state index is 14.6. The lowest BCUT2D eigenvalue weighted by molar-refractivity contribution is -0.139. The molecule has 0 spiro atoms. The zero-order valence-corrected chi connectivity index (χ0v) is 30.8. The Morgan fingerprint density at radius 2 is 1.64 bits per heavy atom. The molecule has 0 fully saturated rings. The van der Waals surface area contributed by atoms with Crippen LogP contribution < -0.4 is 27.4 Å². The first-order valence-corrected chi connectivity index (χ1v) is 18.5. The van der Waals surface area contributed by atoms with E-state index in [0.29, 0.717) is 54.8 Å². The van der Waals surface area contributed by atoms with Crippen molar-refractivity contribution >= 4 is 58.1 Å². The standard InChI is InChI=1S/C38H43ClF3N7O3S/c1-49-32(18-24-21-45-29-11-4-3-10-27(24)29)36(51)47-22-25-17-26(39)19-28(38(40,41)42)34(25)53-33-14-5-2-9-23(33)20-46-30(13-8-16-44)35(50)48-31(37(49)52)12-6-7-15-43/h2-5,9-11,14,17-19,21,30-31,45-46H,6-8,12-13,15-16,20,22,43-44H2,1H3,(H,47,51)(H,48,50)/b32-18-/t30-,31-/m0/s1. The van der Waals surface area contributed by atoms with Crippen LogP contribution in [0.3, 0.4) is 0 Å². The number of likely N-dealkylation sites (N-methyl/N-ethyl adjacent to an activating group) is 1. The summed E-state index contributed by atoms with van der Waals surface area (Å²) in [5.41, 5.74) is 12.7. The molecule has 8 N–H and O–H groups in total. The molecule has 53 heavy (non-hydrogen) atoms. The Balaban J connectivity index is 1.66. The third-order valence-corrected chi connectivity index (χ3v) is 10.5. The number of unbranched alkanes of at least 4 members (excludes halogenated alkanes) is 1. The molecule has 10 nitrogen and oxygen atoms in total. The number of carbonyl (C=O) groups excluding carboxylic acids is 3. The molecule has 1 aliphatic rings. The van der Waals surface area contributed by atoms with Gasteiger partial charge in [0.1, 0.15) is 11.7 Å². The molecule has 1 aromatic heterocycles. The van der Waals surface area contributed by atoms with E-state index >= 15 is 0 Å². The largest absolute Gasteiger partial charge is 0.417 e. The van der Waals surface area contributed by atoms with Crippen LogP contribution >= 0.6 is 23.4 Å². The van der Waals surface area contributed by atoms with Gasteiger partial charge in [0.2, 0.25) is 11.8 Å². The van der Waals surface area contributed by atoms with Gasteiger partial charge in [0.15, 0.2) is 0 Å². The van der Waals surface area contributed by atoms with Crippen molar-refractivity contribution in [2.75, 3.05) is 20.1 Å². The Kier molecular flexibility index (Phi) is 13.6. The van der Waals surface area contributed by atoms with Crippen LogP contribution in [0.4, 0.5) is 13.2 Å². The first-order chi connectivity index (χ1) is 25.4. The molecule has 15 heteroatoms. The number of benzene rings is 3. The van der Waals surface area contributed by atoms with E-state index in [0.717, 1.165) is 28.7 Å². The number of alkyl halides is 3. The number of H-pyrrole nitrogens is 1. The number of hydrogen-bond acceptors (Lipinski definition) is 7. The average molecular weight is 770 g/mol. The number of halogens is 4. The number of para-hydroxylation sites is 1. The number of rotatable bonds is 8. The second-order valence-electron chi connectivity index (χ2n) is 12.8. The molecular formula is C38H43ClF3N7O3S. The maximum Gasteiger partial charge on any atom is 0.417 e. The Bertz CT molecular complexity index is 1970. The minimum Gasteiger partial charge on any atom is -0.361 e. The zero-order valence-electron chi connectivity index (χ0n) is 29.2.